The van der Waals surface area contributed by atoms with E-state index in [-0.39, 0.29) is 6.03 Å². The van der Waals surface area contributed by atoms with Crippen molar-refractivity contribution < 1.29 is 9.53 Å². The smallest absolute Gasteiger partial charge is 0.326 e. The van der Waals surface area contributed by atoms with Gasteiger partial charge in [-0.15, -0.1) is 0 Å². The number of hydrogen-bond donors (Lipinski definition) is 1. The van der Waals surface area contributed by atoms with Crippen LogP contribution in [0.25, 0.3) is 0 Å². The van der Waals surface area contributed by atoms with E-state index in [0.717, 1.165) is 22.7 Å². The zero-order valence-electron chi connectivity index (χ0n) is 10.6. The molecule has 3 rings (SSSR count). The van der Waals surface area contributed by atoms with E-state index < -0.39 is 0 Å². The molecule has 0 radical (unpaired) electrons. The number of ether oxygens (including phenoxy) is 1. The van der Waals surface area contributed by atoms with Crippen molar-refractivity contribution in [2.24, 2.45) is 0 Å². The first-order valence-corrected chi connectivity index (χ1v) is 6.09. The summed E-state index contributed by atoms with van der Waals surface area (Å²) in [7, 11) is 1.62. The molecule has 0 saturated carbocycles. The molecule has 4 heteroatoms. The van der Waals surface area contributed by atoms with E-state index >= 15 is 0 Å². The second-order valence-electron chi connectivity index (χ2n) is 4.32. The van der Waals surface area contributed by atoms with Crippen LogP contribution in [0.15, 0.2) is 48.5 Å². The Hall–Kier alpha value is -2.49. The average molecular weight is 254 g/mol. The van der Waals surface area contributed by atoms with Crippen LogP contribution in [0.3, 0.4) is 0 Å². The molecule has 0 spiro atoms. The Morgan fingerprint density at radius 3 is 2.58 bits per heavy atom. The summed E-state index contributed by atoms with van der Waals surface area (Å²) in [4.78, 5) is 13.8. The number of para-hydroxylation sites is 1. The maximum Gasteiger partial charge on any atom is 0.326 e. The van der Waals surface area contributed by atoms with Gasteiger partial charge in [-0.05, 0) is 35.9 Å². The van der Waals surface area contributed by atoms with E-state index in [9.17, 15) is 4.79 Å². The van der Waals surface area contributed by atoms with Gasteiger partial charge < -0.3 is 10.1 Å². The summed E-state index contributed by atoms with van der Waals surface area (Å²) in [6.07, 6.45) is 0. The Morgan fingerprint density at radius 1 is 1.11 bits per heavy atom. The lowest BCUT2D eigenvalue weighted by atomic mass is 10.1. The lowest BCUT2D eigenvalue weighted by Crippen LogP contribution is -2.41. The Balaban J connectivity index is 2.05. The van der Waals surface area contributed by atoms with Crippen molar-refractivity contribution >= 4 is 17.4 Å². The van der Waals surface area contributed by atoms with Gasteiger partial charge in [0.25, 0.3) is 0 Å². The maximum atomic E-state index is 12.1. The second-order valence-corrected chi connectivity index (χ2v) is 4.32. The van der Waals surface area contributed by atoms with E-state index in [1.54, 1.807) is 12.0 Å². The van der Waals surface area contributed by atoms with Crippen LogP contribution in [0, 0.1) is 0 Å². The van der Waals surface area contributed by atoms with Crippen LogP contribution >= 0.6 is 0 Å². The van der Waals surface area contributed by atoms with Gasteiger partial charge in [-0.3, -0.25) is 4.90 Å². The number of benzene rings is 2. The van der Waals surface area contributed by atoms with Gasteiger partial charge in [0.2, 0.25) is 0 Å². The molecule has 0 fully saturated rings. The molecule has 0 saturated heterocycles. The molecule has 0 aromatic heterocycles. The number of hydrogen-bond acceptors (Lipinski definition) is 2. The molecular weight excluding hydrogens is 240 g/mol. The summed E-state index contributed by atoms with van der Waals surface area (Å²) >= 11 is 0. The molecule has 1 aliphatic rings. The summed E-state index contributed by atoms with van der Waals surface area (Å²) in [5, 5.41) is 2.87. The normalized spacial score (nSPS) is 13.7. The van der Waals surface area contributed by atoms with Crippen LogP contribution in [0.2, 0.25) is 0 Å². The van der Waals surface area contributed by atoms with E-state index in [1.165, 1.54) is 0 Å². The molecular formula is C15H14N2O2. The highest BCUT2D eigenvalue weighted by atomic mass is 16.5. The molecule has 2 aromatic carbocycles. The zero-order valence-corrected chi connectivity index (χ0v) is 10.6. The Bertz CT molecular complexity index is 608. The predicted octanol–water partition coefficient (Wildman–Crippen LogP) is 3.06. The minimum absolute atomic E-state index is 0.108. The minimum Gasteiger partial charge on any atom is -0.497 e. The van der Waals surface area contributed by atoms with Gasteiger partial charge in [0.05, 0.1) is 18.5 Å². The van der Waals surface area contributed by atoms with Gasteiger partial charge in [0.1, 0.15) is 5.75 Å². The molecule has 2 aromatic rings. The van der Waals surface area contributed by atoms with Crippen molar-refractivity contribution in [2.45, 2.75) is 6.54 Å². The minimum atomic E-state index is -0.108. The zero-order chi connectivity index (χ0) is 13.2. The van der Waals surface area contributed by atoms with E-state index in [2.05, 4.69) is 5.32 Å². The second kappa shape index (κ2) is 4.65. The van der Waals surface area contributed by atoms with Crippen molar-refractivity contribution in [3.63, 3.8) is 0 Å². The highest BCUT2D eigenvalue weighted by Crippen LogP contribution is 2.32. The SMILES string of the molecule is COc1ccc(N2C(=O)NCc3ccccc32)cc1. The topological polar surface area (TPSA) is 41.6 Å². The number of methoxy groups -OCH3 is 1. The van der Waals surface area contributed by atoms with Gasteiger partial charge in [-0.1, -0.05) is 18.2 Å². The quantitative estimate of drug-likeness (QED) is 0.894. The summed E-state index contributed by atoms with van der Waals surface area (Å²) in [5.74, 6) is 0.773. The number of carbonyl (C=O) groups is 1. The fraction of sp³-hybridized carbons (Fsp3) is 0.133. The summed E-state index contributed by atoms with van der Waals surface area (Å²) in [5.41, 5.74) is 2.86. The lowest BCUT2D eigenvalue weighted by molar-refractivity contribution is 0.247. The molecule has 0 aliphatic carbocycles. The predicted molar refractivity (Wildman–Crippen MR) is 73.8 cm³/mol. The van der Waals surface area contributed by atoms with Crippen molar-refractivity contribution in [1.29, 1.82) is 0 Å². The molecule has 19 heavy (non-hydrogen) atoms. The van der Waals surface area contributed by atoms with Crippen LogP contribution in [-0.4, -0.2) is 13.1 Å². The molecule has 0 unspecified atom stereocenters. The van der Waals surface area contributed by atoms with Gasteiger partial charge in [0, 0.05) is 6.54 Å². The number of amides is 2. The third-order valence-corrected chi connectivity index (χ3v) is 3.20. The van der Waals surface area contributed by atoms with Crippen LogP contribution in [0.1, 0.15) is 5.56 Å². The molecule has 96 valence electrons. The molecule has 4 nitrogen and oxygen atoms in total. The van der Waals surface area contributed by atoms with Gasteiger partial charge >= 0.3 is 6.03 Å². The number of urea groups is 1. The number of carbonyl (C=O) groups excluding carboxylic acids is 1. The highest BCUT2D eigenvalue weighted by molar-refractivity contribution is 6.01. The third kappa shape index (κ3) is 2.01. The lowest BCUT2D eigenvalue weighted by Gasteiger charge is -2.30. The summed E-state index contributed by atoms with van der Waals surface area (Å²) in [6, 6.07) is 15.2. The van der Waals surface area contributed by atoms with E-state index in [1.807, 2.05) is 48.5 Å². The first kappa shape index (κ1) is 11.6. The van der Waals surface area contributed by atoms with Crippen LogP contribution < -0.4 is 15.0 Å². The molecule has 0 bridgehead atoms. The number of nitrogens with one attached hydrogen (secondary N) is 1. The Kier molecular flexibility index (Phi) is 2.83. The first-order chi connectivity index (χ1) is 9.29. The number of rotatable bonds is 2. The molecule has 1 heterocycles. The largest absolute Gasteiger partial charge is 0.497 e. The fourth-order valence-electron chi connectivity index (χ4n) is 2.23. The van der Waals surface area contributed by atoms with Gasteiger partial charge in [0.15, 0.2) is 0 Å². The van der Waals surface area contributed by atoms with Gasteiger partial charge in [-0.25, -0.2) is 4.79 Å². The van der Waals surface area contributed by atoms with E-state index in [4.69, 9.17) is 4.74 Å². The van der Waals surface area contributed by atoms with Crippen LogP contribution in [-0.2, 0) is 6.54 Å². The van der Waals surface area contributed by atoms with Gasteiger partial charge in [-0.2, -0.15) is 0 Å². The van der Waals surface area contributed by atoms with Crippen molar-refractivity contribution in [3.05, 3.63) is 54.1 Å². The number of anilines is 2. The Morgan fingerprint density at radius 2 is 1.84 bits per heavy atom. The standard InChI is InChI=1S/C15H14N2O2/c1-19-13-8-6-12(7-9-13)17-14-5-3-2-4-11(14)10-16-15(17)18/h2-9H,10H2,1H3,(H,16,18). The van der Waals surface area contributed by atoms with Crippen molar-refractivity contribution in [2.75, 3.05) is 12.0 Å². The Labute approximate surface area is 111 Å². The molecule has 0 atom stereocenters. The average Bonchev–Trinajstić information content (AvgIpc) is 2.47. The molecule has 1 aliphatic heterocycles. The van der Waals surface area contributed by atoms with Crippen molar-refractivity contribution in [1.82, 2.24) is 5.32 Å². The number of fused-ring (bicyclic) bond motifs is 1. The fourth-order valence-corrected chi connectivity index (χ4v) is 2.23. The summed E-state index contributed by atoms with van der Waals surface area (Å²) < 4.78 is 5.13. The van der Waals surface area contributed by atoms with E-state index in [0.29, 0.717) is 6.54 Å². The van der Waals surface area contributed by atoms with Crippen LogP contribution in [0.4, 0.5) is 16.2 Å². The highest BCUT2D eigenvalue weighted by Gasteiger charge is 2.24. The third-order valence-electron chi connectivity index (χ3n) is 3.20. The van der Waals surface area contributed by atoms with Crippen molar-refractivity contribution in [3.8, 4) is 5.75 Å². The molecule has 2 amide bonds. The first-order valence-electron chi connectivity index (χ1n) is 6.09. The maximum absolute atomic E-state index is 12.1. The summed E-state index contributed by atoms with van der Waals surface area (Å²) in [6.45, 7) is 0.571. The monoisotopic (exact) mass is 254 g/mol. The molecule has 1 N–H and O–H groups in total. The number of nitrogens with zero attached hydrogens (tertiary/aromatic N) is 1. The van der Waals surface area contributed by atoms with Crippen LogP contribution in [0.5, 0.6) is 5.75 Å².